The van der Waals surface area contributed by atoms with Gasteiger partial charge in [0.15, 0.2) is 11.6 Å². The minimum atomic E-state index is 0.0335. The van der Waals surface area contributed by atoms with E-state index in [1.807, 2.05) is 51.4 Å². The first-order chi connectivity index (χ1) is 15.5. The Kier molecular flexibility index (Phi) is 5.16. The van der Waals surface area contributed by atoms with Crippen LogP contribution >= 0.6 is 11.8 Å². The predicted octanol–water partition coefficient (Wildman–Crippen LogP) is 2.82. The summed E-state index contributed by atoms with van der Waals surface area (Å²) in [5, 5.41) is 5.19. The second-order valence-electron chi connectivity index (χ2n) is 7.90. The molecule has 0 fully saturated rings. The van der Waals surface area contributed by atoms with Gasteiger partial charge in [0.25, 0.3) is 5.78 Å². The highest BCUT2D eigenvalue weighted by atomic mass is 32.2. The van der Waals surface area contributed by atoms with Crippen LogP contribution in [0.5, 0.6) is 0 Å². The summed E-state index contributed by atoms with van der Waals surface area (Å²) in [6.07, 6.45) is 2.88. The number of thioether (sulfide) groups is 1. The maximum Gasteiger partial charge on any atom is 0.253 e. The molecule has 4 aromatic rings. The Labute approximate surface area is 189 Å². The molecule has 0 bridgehead atoms. The standard InChI is InChI=1S/C22H24N8OS/c1-13-15(14(2)30-21(23-13)26-22(27-30)32-4)9-10-18(31)29-12-11-28(3)19-20(29)25-17-8-6-5-7-16(17)24-19/h5-8H,9-12H2,1-4H3. The number of hydrogen-bond donors (Lipinski definition) is 0. The third-order valence-corrected chi connectivity index (χ3v) is 6.45. The maximum absolute atomic E-state index is 13.3. The van der Waals surface area contributed by atoms with Crippen LogP contribution in [0.15, 0.2) is 29.4 Å². The third-order valence-electron chi connectivity index (χ3n) is 5.91. The maximum atomic E-state index is 13.3. The highest BCUT2D eigenvalue weighted by Crippen LogP contribution is 2.31. The van der Waals surface area contributed by atoms with Crippen molar-refractivity contribution < 1.29 is 4.79 Å². The molecule has 4 heterocycles. The number of amides is 1. The Hall–Kier alpha value is -3.27. The molecule has 1 aromatic carbocycles. The van der Waals surface area contributed by atoms with Crippen molar-refractivity contribution in [2.75, 3.05) is 36.2 Å². The van der Waals surface area contributed by atoms with E-state index in [-0.39, 0.29) is 5.91 Å². The zero-order valence-electron chi connectivity index (χ0n) is 18.5. The zero-order chi connectivity index (χ0) is 22.4. The minimum absolute atomic E-state index is 0.0335. The van der Waals surface area contributed by atoms with Crippen LogP contribution in [-0.2, 0) is 11.2 Å². The van der Waals surface area contributed by atoms with Crippen LogP contribution in [0.2, 0.25) is 0 Å². The fraction of sp³-hybridized carbons (Fsp3) is 0.364. The fourth-order valence-corrected chi connectivity index (χ4v) is 4.46. The smallest absolute Gasteiger partial charge is 0.253 e. The number of anilines is 2. The summed E-state index contributed by atoms with van der Waals surface area (Å²) in [6.45, 7) is 5.27. The second-order valence-corrected chi connectivity index (χ2v) is 8.67. The lowest BCUT2D eigenvalue weighted by molar-refractivity contribution is -0.118. The Morgan fingerprint density at radius 3 is 2.47 bits per heavy atom. The van der Waals surface area contributed by atoms with Gasteiger partial charge in [-0.15, -0.1) is 5.10 Å². The van der Waals surface area contributed by atoms with Crippen molar-refractivity contribution in [1.29, 1.82) is 0 Å². The van der Waals surface area contributed by atoms with Gasteiger partial charge in [0, 0.05) is 37.9 Å². The number of para-hydroxylation sites is 2. The summed E-state index contributed by atoms with van der Waals surface area (Å²) in [7, 11) is 1.98. The Morgan fingerprint density at radius 1 is 1.03 bits per heavy atom. The number of hydrogen-bond acceptors (Lipinski definition) is 8. The first kappa shape index (κ1) is 20.6. The van der Waals surface area contributed by atoms with Gasteiger partial charge in [-0.25, -0.2) is 19.5 Å². The Bertz CT molecular complexity index is 1350. The normalized spacial score (nSPS) is 13.8. The number of carbonyl (C=O) groups excluding carboxylic acids is 1. The van der Waals surface area contributed by atoms with Gasteiger partial charge >= 0.3 is 0 Å². The van der Waals surface area contributed by atoms with Crippen molar-refractivity contribution in [3.63, 3.8) is 0 Å². The van der Waals surface area contributed by atoms with Crippen LogP contribution in [0.25, 0.3) is 16.8 Å². The monoisotopic (exact) mass is 448 g/mol. The van der Waals surface area contributed by atoms with Crippen LogP contribution in [0, 0.1) is 13.8 Å². The van der Waals surface area contributed by atoms with E-state index in [2.05, 4.69) is 20.0 Å². The molecule has 0 aliphatic carbocycles. The first-order valence-corrected chi connectivity index (χ1v) is 11.7. The molecule has 10 heteroatoms. The molecule has 0 unspecified atom stereocenters. The lowest BCUT2D eigenvalue weighted by atomic mass is 10.1. The molecule has 9 nitrogen and oxygen atoms in total. The molecule has 0 atom stereocenters. The van der Waals surface area contributed by atoms with Crippen molar-refractivity contribution >= 4 is 46.1 Å². The lowest BCUT2D eigenvalue weighted by Crippen LogP contribution is -2.44. The van der Waals surface area contributed by atoms with Crippen LogP contribution in [0.1, 0.15) is 23.4 Å². The van der Waals surface area contributed by atoms with Gasteiger partial charge in [0.05, 0.1) is 11.0 Å². The predicted molar refractivity (Wildman–Crippen MR) is 126 cm³/mol. The molecule has 0 saturated heterocycles. The molecule has 0 saturated carbocycles. The molecule has 0 radical (unpaired) electrons. The van der Waals surface area contributed by atoms with Crippen LogP contribution in [0.4, 0.5) is 11.6 Å². The van der Waals surface area contributed by atoms with E-state index in [0.29, 0.717) is 42.7 Å². The summed E-state index contributed by atoms with van der Waals surface area (Å²) in [5.74, 6) is 2.00. The average molecular weight is 449 g/mol. The number of aryl methyl sites for hydroxylation is 2. The molecule has 1 aliphatic rings. The second kappa shape index (κ2) is 8.01. The quantitative estimate of drug-likeness (QED) is 0.440. The van der Waals surface area contributed by atoms with Crippen LogP contribution in [-0.4, -0.2) is 61.9 Å². The summed E-state index contributed by atoms with van der Waals surface area (Å²) < 4.78 is 1.77. The SMILES string of the molecule is CSc1nc2nc(C)c(CCC(=O)N3CCN(C)c4nc5ccccc5nc43)c(C)n2n1. The van der Waals surface area contributed by atoms with Crippen LogP contribution < -0.4 is 9.80 Å². The first-order valence-electron chi connectivity index (χ1n) is 10.5. The molecular weight excluding hydrogens is 424 g/mol. The van der Waals surface area contributed by atoms with E-state index >= 15 is 0 Å². The van der Waals surface area contributed by atoms with E-state index < -0.39 is 0 Å². The molecule has 3 aromatic heterocycles. The molecule has 0 N–H and O–H groups in total. The molecule has 5 rings (SSSR count). The van der Waals surface area contributed by atoms with Crippen molar-refractivity contribution in [3.05, 3.63) is 41.2 Å². The number of nitrogens with zero attached hydrogens (tertiary/aromatic N) is 8. The largest absolute Gasteiger partial charge is 0.355 e. The number of carbonyl (C=O) groups is 1. The lowest BCUT2D eigenvalue weighted by Gasteiger charge is -2.33. The zero-order valence-corrected chi connectivity index (χ0v) is 19.3. The van der Waals surface area contributed by atoms with E-state index in [4.69, 9.17) is 9.97 Å². The van der Waals surface area contributed by atoms with Gasteiger partial charge in [-0.1, -0.05) is 23.9 Å². The third kappa shape index (κ3) is 3.44. The minimum Gasteiger partial charge on any atom is -0.355 e. The molecule has 1 amide bonds. The number of fused-ring (bicyclic) bond motifs is 3. The number of benzene rings is 1. The molecule has 0 spiro atoms. The van der Waals surface area contributed by atoms with E-state index in [0.717, 1.165) is 33.8 Å². The van der Waals surface area contributed by atoms with Crippen molar-refractivity contribution in [2.24, 2.45) is 0 Å². The van der Waals surface area contributed by atoms with Gasteiger partial charge in [-0.3, -0.25) is 9.69 Å². The van der Waals surface area contributed by atoms with Crippen molar-refractivity contribution in [2.45, 2.75) is 31.8 Å². The Balaban J connectivity index is 1.43. The number of aromatic nitrogens is 6. The van der Waals surface area contributed by atoms with Gasteiger partial charge < -0.3 is 4.90 Å². The average Bonchev–Trinajstić information content (AvgIpc) is 3.21. The summed E-state index contributed by atoms with van der Waals surface area (Å²) >= 11 is 1.49. The Morgan fingerprint density at radius 2 is 1.75 bits per heavy atom. The molecule has 1 aliphatic heterocycles. The molecule has 164 valence electrons. The van der Waals surface area contributed by atoms with Gasteiger partial charge in [-0.05, 0) is 44.2 Å². The summed E-state index contributed by atoms with van der Waals surface area (Å²) in [5.41, 5.74) is 4.50. The van der Waals surface area contributed by atoms with E-state index in [9.17, 15) is 4.79 Å². The van der Waals surface area contributed by atoms with Crippen LogP contribution in [0.3, 0.4) is 0 Å². The highest BCUT2D eigenvalue weighted by Gasteiger charge is 2.28. The fourth-order valence-electron chi connectivity index (χ4n) is 4.13. The van der Waals surface area contributed by atoms with Gasteiger partial charge in [0.2, 0.25) is 11.1 Å². The summed E-state index contributed by atoms with van der Waals surface area (Å²) in [4.78, 5) is 35.7. The van der Waals surface area contributed by atoms with Gasteiger partial charge in [0.1, 0.15) is 0 Å². The molecular formula is C22H24N8OS. The van der Waals surface area contributed by atoms with E-state index in [1.54, 1.807) is 9.42 Å². The highest BCUT2D eigenvalue weighted by molar-refractivity contribution is 7.98. The van der Waals surface area contributed by atoms with Gasteiger partial charge in [-0.2, -0.15) is 4.98 Å². The number of likely N-dealkylation sites (N-methyl/N-ethyl adjacent to an activating group) is 1. The molecule has 32 heavy (non-hydrogen) atoms. The van der Waals surface area contributed by atoms with Crippen molar-refractivity contribution in [1.82, 2.24) is 29.5 Å². The van der Waals surface area contributed by atoms with E-state index in [1.165, 1.54) is 11.8 Å². The topological polar surface area (TPSA) is 92.4 Å². The van der Waals surface area contributed by atoms with Crippen molar-refractivity contribution in [3.8, 4) is 0 Å². The number of rotatable bonds is 4. The summed E-state index contributed by atoms with van der Waals surface area (Å²) in [6, 6.07) is 7.75.